The van der Waals surface area contributed by atoms with Gasteiger partial charge in [-0.3, -0.25) is 29.0 Å². The summed E-state index contributed by atoms with van der Waals surface area (Å²) in [4.78, 5) is 53.2. The number of nitrogens with one attached hydrogen (secondary N) is 1. The normalized spacial score (nSPS) is 17.3. The summed E-state index contributed by atoms with van der Waals surface area (Å²) in [5.41, 5.74) is 3.97. The SMILES string of the molecule is Cc1ccc(NC(=O)CN2C(=O)/C(=C3\SC(=S)N(CCCC(=O)O)C3=O)c3ccccc32)c(C)c1. The molecule has 1 saturated heterocycles. The number of anilines is 2. The predicted molar refractivity (Wildman–Crippen MR) is 139 cm³/mol. The summed E-state index contributed by atoms with van der Waals surface area (Å²) in [6, 6.07) is 12.7. The lowest BCUT2D eigenvalue weighted by Gasteiger charge is -2.17. The van der Waals surface area contributed by atoms with Gasteiger partial charge in [-0.25, -0.2) is 0 Å². The highest BCUT2D eigenvalue weighted by atomic mass is 32.2. The summed E-state index contributed by atoms with van der Waals surface area (Å²) in [6.07, 6.45) is 0.160. The fourth-order valence-electron chi connectivity index (χ4n) is 4.07. The lowest BCUT2D eigenvalue weighted by Crippen LogP contribution is -2.35. The van der Waals surface area contributed by atoms with Crippen LogP contribution in [0.3, 0.4) is 0 Å². The molecule has 2 aromatic carbocycles. The summed E-state index contributed by atoms with van der Waals surface area (Å²) in [6.45, 7) is 3.81. The van der Waals surface area contributed by atoms with Crippen LogP contribution in [0.4, 0.5) is 11.4 Å². The van der Waals surface area contributed by atoms with Crippen molar-refractivity contribution in [2.45, 2.75) is 26.7 Å². The van der Waals surface area contributed by atoms with Crippen molar-refractivity contribution >= 4 is 68.9 Å². The molecule has 35 heavy (non-hydrogen) atoms. The van der Waals surface area contributed by atoms with E-state index in [1.54, 1.807) is 24.3 Å². The summed E-state index contributed by atoms with van der Waals surface area (Å²) < 4.78 is 0.277. The summed E-state index contributed by atoms with van der Waals surface area (Å²) in [5.74, 6) is -2.19. The minimum Gasteiger partial charge on any atom is -0.481 e. The lowest BCUT2D eigenvalue weighted by molar-refractivity contribution is -0.137. The summed E-state index contributed by atoms with van der Waals surface area (Å²) in [5, 5.41) is 11.7. The van der Waals surface area contributed by atoms with E-state index in [9.17, 15) is 19.2 Å². The molecule has 2 aliphatic rings. The van der Waals surface area contributed by atoms with E-state index < -0.39 is 17.8 Å². The molecule has 0 radical (unpaired) electrons. The van der Waals surface area contributed by atoms with Gasteiger partial charge in [0, 0.05) is 24.2 Å². The zero-order chi connectivity index (χ0) is 25.3. The Labute approximate surface area is 212 Å². The minimum atomic E-state index is -0.955. The maximum Gasteiger partial charge on any atom is 0.303 e. The second-order valence-electron chi connectivity index (χ2n) is 8.30. The molecule has 0 aliphatic carbocycles. The van der Waals surface area contributed by atoms with Gasteiger partial charge in [-0.2, -0.15) is 0 Å². The van der Waals surface area contributed by atoms with Crippen molar-refractivity contribution in [3.8, 4) is 0 Å². The number of carboxylic acids is 1. The number of hydrogen-bond acceptors (Lipinski definition) is 6. The predicted octanol–water partition coefficient (Wildman–Crippen LogP) is 3.72. The number of hydrogen-bond donors (Lipinski definition) is 2. The Morgan fingerprint density at radius 1 is 1.06 bits per heavy atom. The molecule has 0 unspecified atom stereocenters. The maximum absolute atomic E-state index is 13.5. The number of fused-ring (bicyclic) bond motifs is 1. The molecule has 2 aromatic rings. The molecule has 10 heteroatoms. The third kappa shape index (κ3) is 4.98. The van der Waals surface area contributed by atoms with Crippen LogP contribution >= 0.6 is 24.0 Å². The molecular formula is C25H23N3O5S2. The van der Waals surface area contributed by atoms with Gasteiger partial charge in [0.25, 0.3) is 11.8 Å². The molecule has 0 saturated carbocycles. The fourth-order valence-corrected chi connectivity index (χ4v) is 5.45. The fraction of sp³-hybridized carbons (Fsp3) is 0.240. The van der Waals surface area contributed by atoms with Gasteiger partial charge >= 0.3 is 5.97 Å². The average Bonchev–Trinajstić information content (AvgIpc) is 3.23. The van der Waals surface area contributed by atoms with Crippen LogP contribution in [-0.2, 0) is 19.2 Å². The average molecular weight is 510 g/mol. The number of para-hydroxylation sites is 1. The lowest BCUT2D eigenvalue weighted by atomic mass is 10.1. The monoisotopic (exact) mass is 509 g/mol. The number of carbonyl (C=O) groups is 4. The van der Waals surface area contributed by atoms with E-state index in [2.05, 4.69) is 5.32 Å². The number of carboxylic acid groups (broad SMARTS) is 1. The number of thioether (sulfide) groups is 1. The number of benzene rings is 2. The second-order valence-corrected chi connectivity index (χ2v) is 9.95. The number of carbonyl (C=O) groups excluding carboxylic acids is 3. The van der Waals surface area contributed by atoms with E-state index in [0.717, 1.165) is 22.9 Å². The number of rotatable bonds is 7. The molecule has 8 nitrogen and oxygen atoms in total. The van der Waals surface area contributed by atoms with Crippen LogP contribution in [0.2, 0.25) is 0 Å². The molecule has 0 spiro atoms. The molecule has 180 valence electrons. The highest BCUT2D eigenvalue weighted by molar-refractivity contribution is 8.26. The van der Waals surface area contributed by atoms with Crippen LogP contribution in [0.1, 0.15) is 29.5 Å². The minimum absolute atomic E-state index is 0.0892. The molecule has 3 amide bonds. The molecule has 2 N–H and O–H groups in total. The smallest absolute Gasteiger partial charge is 0.303 e. The maximum atomic E-state index is 13.5. The van der Waals surface area contributed by atoms with Gasteiger partial charge < -0.3 is 10.4 Å². The van der Waals surface area contributed by atoms with E-state index in [1.807, 2.05) is 32.0 Å². The van der Waals surface area contributed by atoms with Crippen molar-refractivity contribution in [2.24, 2.45) is 0 Å². The zero-order valence-electron chi connectivity index (χ0n) is 19.2. The third-order valence-corrected chi connectivity index (χ3v) is 7.18. The summed E-state index contributed by atoms with van der Waals surface area (Å²) in [7, 11) is 0. The van der Waals surface area contributed by atoms with Crippen molar-refractivity contribution < 1.29 is 24.3 Å². The molecular weight excluding hydrogens is 486 g/mol. The molecule has 2 aliphatic heterocycles. The second kappa shape index (κ2) is 10.0. The van der Waals surface area contributed by atoms with Crippen LogP contribution in [0, 0.1) is 13.8 Å². The first-order valence-corrected chi connectivity index (χ1v) is 12.2. The van der Waals surface area contributed by atoms with Gasteiger partial charge in [-0.15, -0.1) is 0 Å². The summed E-state index contributed by atoms with van der Waals surface area (Å²) >= 11 is 6.36. The van der Waals surface area contributed by atoms with Gasteiger partial charge in [-0.1, -0.05) is 59.9 Å². The Kier molecular flexibility index (Phi) is 7.04. The van der Waals surface area contributed by atoms with Crippen LogP contribution in [0.25, 0.3) is 5.57 Å². The van der Waals surface area contributed by atoms with E-state index in [0.29, 0.717) is 16.9 Å². The van der Waals surface area contributed by atoms with E-state index >= 15 is 0 Å². The van der Waals surface area contributed by atoms with E-state index in [-0.39, 0.29) is 46.6 Å². The van der Waals surface area contributed by atoms with Crippen LogP contribution in [0.15, 0.2) is 47.4 Å². The van der Waals surface area contributed by atoms with Gasteiger partial charge in [0.15, 0.2) is 0 Å². The Morgan fingerprint density at radius 3 is 2.51 bits per heavy atom. The Hall–Kier alpha value is -3.50. The highest BCUT2D eigenvalue weighted by Crippen LogP contribution is 2.44. The van der Waals surface area contributed by atoms with Crippen molar-refractivity contribution in [2.75, 3.05) is 23.3 Å². The first-order chi connectivity index (χ1) is 16.7. The zero-order valence-corrected chi connectivity index (χ0v) is 20.8. The van der Waals surface area contributed by atoms with Gasteiger partial charge in [0.05, 0.1) is 16.2 Å². The number of amides is 3. The van der Waals surface area contributed by atoms with Crippen LogP contribution < -0.4 is 10.2 Å². The van der Waals surface area contributed by atoms with E-state index in [4.69, 9.17) is 17.3 Å². The van der Waals surface area contributed by atoms with Gasteiger partial charge in [-0.05, 0) is 38.0 Å². The van der Waals surface area contributed by atoms with Crippen LogP contribution in [0.5, 0.6) is 0 Å². The Bertz CT molecular complexity index is 1300. The number of thiocarbonyl (C=S) groups is 1. The molecule has 0 aromatic heterocycles. The topological polar surface area (TPSA) is 107 Å². The molecule has 1 fully saturated rings. The number of aryl methyl sites for hydroxylation is 2. The molecule has 0 atom stereocenters. The van der Waals surface area contributed by atoms with Crippen molar-refractivity contribution in [3.05, 3.63) is 64.1 Å². The largest absolute Gasteiger partial charge is 0.481 e. The third-order valence-electron chi connectivity index (χ3n) is 5.73. The van der Waals surface area contributed by atoms with Crippen molar-refractivity contribution in [1.29, 1.82) is 0 Å². The first-order valence-electron chi connectivity index (χ1n) is 11.0. The standard InChI is InChI=1S/C25H23N3O5S2/c1-14-9-10-17(15(2)12-14)26-19(29)13-28-18-7-4-3-6-16(18)21(23(28)32)22-24(33)27(25(34)35-22)11-5-8-20(30)31/h3-4,6-7,9-10,12H,5,8,11,13H2,1-2H3,(H,26,29)(H,30,31)/b22-21-. The van der Waals surface area contributed by atoms with Gasteiger partial charge in [0.1, 0.15) is 10.9 Å². The van der Waals surface area contributed by atoms with E-state index in [1.165, 1.54) is 9.80 Å². The van der Waals surface area contributed by atoms with Crippen LogP contribution in [-0.4, -0.2) is 51.1 Å². The van der Waals surface area contributed by atoms with Crippen molar-refractivity contribution in [3.63, 3.8) is 0 Å². The molecule has 0 bridgehead atoms. The Morgan fingerprint density at radius 2 is 1.80 bits per heavy atom. The molecule has 4 rings (SSSR count). The number of aliphatic carboxylic acids is 1. The molecule has 2 heterocycles. The first kappa shape index (κ1) is 24.6. The highest BCUT2D eigenvalue weighted by Gasteiger charge is 2.42. The Balaban J connectivity index is 1.59. The van der Waals surface area contributed by atoms with Crippen molar-refractivity contribution in [1.82, 2.24) is 4.90 Å². The quantitative estimate of drug-likeness (QED) is 0.433. The number of nitrogens with zero attached hydrogens (tertiary/aromatic N) is 2. The van der Waals surface area contributed by atoms with Gasteiger partial charge in [0.2, 0.25) is 5.91 Å².